The number of rotatable bonds is 2. The number of nitrogens with two attached hydrogens (primary N) is 1. The number of aromatic amines is 2. The molecule has 3 rings (SSSR count). The van der Waals surface area contributed by atoms with Crippen molar-refractivity contribution in [1.29, 1.82) is 0 Å². The maximum absolute atomic E-state index is 12.2. The Kier molecular flexibility index (Phi) is 3.31. The van der Waals surface area contributed by atoms with Crippen molar-refractivity contribution in [3.05, 3.63) is 34.2 Å². The number of fused-ring (bicyclic) bond motifs is 1. The molecule has 5 N–H and O–H groups in total. The molecule has 1 heterocycles. The van der Waals surface area contributed by atoms with Crippen LogP contribution in [-0.4, -0.2) is 28.0 Å². The van der Waals surface area contributed by atoms with E-state index in [0.717, 1.165) is 25.7 Å². The molecule has 1 saturated carbocycles. The molecule has 0 unspecified atom stereocenters. The molecular formula is C14H18N4O2. The summed E-state index contributed by atoms with van der Waals surface area (Å²) in [5.41, 5.74) is 7.50. The van der Waals surface area contributed by atoms with Crippen LogP contribution in [0.5, 0.6) is 0 Å². The number of amides is 1. The first-order valence-corrected chi connectivity index (χ1v) is 6.90. The van der Waals surface area contributed by atoms with Gasteiger partial charge in [-0.05, 0) is 43.9 Å². The van der Waals surface area contributed by atoms with Gasteiger partial charge in [-0.3, -0.25) is 4.79 Å². The van der Waals surface area contributed by atoms with Gasteiger partial charge in [0.05, 0.1) is 11.0 Å². The van der Waals surface area contributed by atoms with Gasteiger partial charge in [-0.2, -0.15) is 0 Å². The summed E-state index contributed by atoms with van der Waals surface area (Å²) in [7, 11) is 0. The number of carbonyl (C=O) groups is 1. The standard InChI is InChI=1S/C14H18N4O2/c15-9-2-4-10(5-3-9)16-13(19)8-1-6-11-12(7-8)18-14(20)17-11/h1,6-7,9-10H,2-5,15H2,(H,16,19)(H2,17,18,20). The van der Waals surface area contributed by atoms with Crippen molar-refractivity contribution in [2.24, 2.45) is 5.73 Å². The number of carbonyl (C=O) groups excluding carboxylic acids is 1. The maximum atomic E-state index is 12.2. The zero-order chi connectivity index (χ0) is 14.1. The summed E-state index contributed by atoms with van der Waals surface area (Å²) >= 11 is 0. The minimum Gasteiger partial charge on any atom is -0.349 e. The summed E-state index contributed by atoms with van der Waals surface area (Å²) in [5, 5.41) is 3.03. The first-order chi connectivity index (χ1) is 9.61. The predicted molar refractivity (Wildman–Crippen MR) is 76.6 cm³/mol. The van der Waals surface area contributed by atoms with Gasteiger partial charge in [0.2, 0.25) is 0 Å². The number of H-pyrrole nitrogens is 2. The molecule has 0 atom stereocenters. The van der Waals surface area contributed by atoms with E-state index in [0.29, 0.717) is 16.6 Å². The fourth-order valence-electron chi connectivity index (χ4n) is 2.71. The Morgan fingerprint density at radius 1 is 1.15 bits per heavy atom. The van der Waals surface area contributed by atoms with Crippen LogP contribution in [0.1, 0.15) is 36.0 Å². The predicted octanol–water partition coefficient (Wildman–Crippen LogP) is 0.856. The molecule has 0 saturated heterocycles. The normalized spacial score (nSPS) is 22.9. The zero-order valence-corrected chi connectivity index (χ0v) is 11.1. The van der Waals surface area contributed by atoms with E-state index in [2.05, 4.69) is 15.3 Å². The summed E-state index contributed by atoms with van der Waals surface area (Å²) in [5.74, 6) is -0.102. The van der Waals surface area contributed by atoms with Crippen molar-refractivity contribution in [2.75, 3.05) is 0 Å². The van der Waals surface area contributed by atoms with Gasteiger partial charge in [-0.25, -0.2) is 4.79 Å². The summed E-state index contributed by atoms with van der Waals surface area (Å²) in [6.45, 7) is 0. The highest BCUT2D eigenvalue weighted by Crippen LogP contribution is 2.18. The van der Waals surface area contributed by atoms with Crippen LogP contribution in [0, 0.1) is 0 Å². The van der Waals surface area contributed by atoms with Crippen molar-refractivity contribution in [2.45, 2.75) is 37.8 Å². The van der Waals surface area contributed by atoms with Crippen LogP contribution >= 0.6 is 0 Å². The van der Waals surface area contributed by atoms with Crippen LogP contribution in [-0.2, 0) is 0 Å². The highest BCUT2D eigenvalue weighted by atomic mass is 16.2. The monoisotopic (exact) mass is 274 g/mol. The molecule has 106 valence electrons. The molecule has 1 fully saturated rings. The van der Waals surface area contributed by atoms with Crippen LogP contribution in [0.3, 0.4) is 0 Å². The second kappa shape index (κ2) is 5.13. The van der Waals surface area contributed by atoms with Crippen LogP contribution in [0.2, 0.25) is 0 Å². The average molecular weight is 274 g/mol. The van der Waals surface area contributed by atoms with E-state index in [1.165, 1.54) is 0 Å². The van der Waals surface area contributed by atoms with Gasteiger partial charge in [0.15, 0.2) is 0 Å². The number of hydrogen-bond donors (Lipinski definition) is 4. The van der Waals surface area contributed by atoms with E-state index >= 15 is 0 Å². The number of imidazole rings is 1. The molecule has 0 bridgehead atoms. The van der Waals surface area contributed by atoms with Crippen molar-refractivity contribution in [3.8, 4) is 0 Å². The Hall–Kier alpha value is -2.08. The van der Waals surface area contributed by atoms with Crippen molar-refractivity contribution in [3.63, 3.8) is 0 Å². The van der Waals surface area contributed by atoms with Crippen LogP contribution in [0.25, 0.3) is 11.0 Å². The molecule has 2 aromatic rings. The number of aromatic nitrogens is 2. The van der Waals surface area contributed by atoms with E-state index < -0.39 is 0 Å². The van der Waals surface area contributed by atoms with E-state index in [1.54, 1.807) is 18.2 Å². The highest BCUT2D eigenvalue weighted by molar-refractivity contribution is 5.97. The molecule has 1 aromatic carbocycles. The number of benzene rings is 1. The van der Waals surface area contributed by atoms with Crippen LogP contribution in [0.4, 0.5) is 0 Å². The SMILES string of the molecule is NC1CCC(NC(=O)c2ccc3[nH]c(=O)[nH]c3c2)CC1. The molecule has 6 nitrogen and oxygen atoms in total. The molecule has 20 heavy (non-hydrogen) atoms. The first-order valence-electron chi connectivity index (χ1n) is 6.90. The van der Waals surface area contributed by atoms with Crippen molar-refractivity contribution in [1.82, 2.24) is 15.3 Å². The fraction of sp³-hybridized carbons (Fsp3) is 0.429. The summed E-state index contributed by atoms with van der Waals surface area (Å²) in [4.78, 5) is 28.7. The summed E-state index contributed by atoms with van der Waals surface area (Å²) < 4.78 is 0. The molecule has 0 aliphatic heterocycles. The highest BCUT2D eigenvalue weighted by Gasteiger charge is 2.20. The van der Waals surface area contributed by atoms with Crippen molar-refractivity contribution >= 4 is 16.9 Å². The smallest absolute Gasteiger partial charge is 0.323 e. The molecule has 1 aliphatic carbocycles. The Labute approximate surface area is 115 Å². The van der Waals surface area contributed by atoms with E-state index in [4.69, 9.17) is 5.73 Å². The Bertz CT molecular complexity index is 680. The van der Waals surface area contributed by atoms with Gasteiger partial charge in [-0.15, -0.1) is 0 Å². The lowest BCUT2D eigenvalue weighted by molar-refractivity contribution is 0.0926. The topological polar surface area (TPSA) is 104 Å². The Balaban J connectivity index is 1.73. The molecule has 1 aliphatic rings. The lowest BCUT2D eigenvalue weighted by atomic mass is 9.91. The lowest BCUT2D eigenvalue weighted by Crippen LogP contribution is -2.40. The summed E-state index contributed by atoms with van der Waals surface area (Å²) in [6, 6.07) is 5.61. The second-order valence-corrected chi connectivity index (χ2v) is 5.42. The van der Waals surface area contributed by atoms with Gasteiger partial charge < -0.3 is 21.0 Å². The quantitative estimate of drug-likeness (QED) is 0.652. The molecule has 1 amide bonds. The second-order valence-electron chi connectivity index (χ2n) is 5.42. The number of hydrogen-bond acceptors (Lipinski definition) is 3. The fourth-order valence-corrected chi connectivity index (χ4v) is 2.71. The van der Waals surface area contributed by atoms with Crippen LogP contribution < -0.4 is 16.7 Å². The maximum Gasteiger partial charge on any atom is 0.323 e. The average Bonchev–Trinajstić information content (AvgIpc) is 2.80. The lowest BCUT2D eigenvalue weighted by Gasteiger charge is -2.26. The summed E-state index contributed by atoms with van der Waals surface area (Å²) in [6.07, 6.45) is 3.76. The third-order valence-electron chi connectivity index (χ3n) is 3.89. The van der Waals surface area contributed by atoms with Gasteiger partial charge in [-0.1, -0.05) is 0 Å². The van der Waals surface area contributed by atoms with E-state index in [1.807, 2.05) is 0 Å². The minimum absolute atomic E-state index is 0.102. The zero-order valence-electron chi connectivity index (χ0n) is 11.1. The van der Waals surface area contributed by atoms with Crippen molar-refractivity contribution < 1.29 is 4.79 Å². The molecule has 0 spiro atoms. The van der Waals surface area contributed by atoms with Gasteiger partial charge in [0.25, 0.3) is 5.91 Å². The van der Waals surface area contributed by atoms with Gasteiger partial charge in [0, 0.05) is 17.6 Å². The third-order valence-corrected chi connectivity index (χ3v) is 3.89. The largest absolute Gasteiger partial charge is 0.349 e. The third kappa shape index (κ3) is 2.60. The molecular weight excluding hydrogens is 256 g/mol. The Morgan fingerprint density at radius 3 is 2.60 bits per heavy atom. The number of nitrogens with one attached hydrogen (secondary N) is 3. The molecule has 6 heteroatoms. The molecule has 1 aromatic heterocycles. The minimum atomic E-state index is -0.265. The van der Waals surface area contributed by atoms with E-state index in [9.17, 15) is 9.59 Å². The Morgan fingerprint density at radius 2 is 1.85 bits per heavy atom. The van der Waals surface area contributed by atoms with Gasteiger partial charge in [0.1, 0.15) is 0 Å². The van der Waals surface area contributed by atoms with Crippen LogP contribution in [0.15, 0.2) is 23.0 Å². The first kappa shape index (κ1) is 12.9. The van der Waals surface area contributed by atoms with E-state index in [-0.39, 0.29) is 23.7 Å². The van der Waals surface area contributed by atoms with Gasteiger partial charge >= 0.3 is 5.69 Å². The molecule has 0 radical (unpaired) electrons.